The molecule has 4 heterocycles. The number of anilines is 3. The number of benzene rings is 1. The van der Waals surface area contributed by atoms with Gasteiger partial charge in [-0.3, -0.25) is 4.79 Å². The third-order valence-corrected chi connectivity index (χ3v) is 6.58. The Bertz CT molecular complexity index is 981. The summed E-state index contributed by atoms with van der Waals surface area (Å²) < 4.78 is 17.9. The van der Waals surface area contributed by atoms with Gasteiger partial charge in [0.05, 0.1) is 42.8 Å². The molecule has 2 fully saturated rings. The smallest absolute Gasteiger partial charge is 0.256 e. The number of hydrogen-bond donors (Lipinski definition) is 1. The Hall–Kier alpha value is -2.48. The standard InChI is InChI=1S/C26H33N3O4/c1-17(2)33-20-9-11-24(32-16-20)26(30)29-15-19-6-5-12-27-25(19)28-21-10-8-18(14-22(21)29)23-7-3-4-13-31-23/h5-6,8,10,12,14,17,20,23-24H,3-4,7,9,11,13,15-16H2,1-2H3,(H,27,28)/t20-,23?,24+/m0/s1. The summed E-state index contributed by atoms with van der Waals surface area (Å²) in [6.07, 6.45) is 6.32. The summed E-state index contributed by atoms with van der Waals surface area (Å²) in [6.45, 7) is 5.73. The van der Waals surface area contributed by atoms with E-state index in [2.05, 4.69) is 22.4 Å². The molecule has 7 heteroatoms. The zero-order chi connectivity index (χ0) is 22.8. The second kappa shape index (κ2) is 9.79. The Morgan fingerprint density at radius 2 is 2.09 bits per heavy atom. The van der Waals surface area contributed by atoms with E-state index in [0.29, 0.717) is 19.6 Å². The molecular weight excluding hydrogens is 418 g/mol. The van der Waals surface area contributed by atoms with E-state index < -0.39 is 6.10 Å². The van der Waals surface area contributed by atoms with Gasteiger partial charge in [0.2, 0.25) is 0 Å². The van der Waals surface area contributed by atoms with E-state index in [9.17, 15) is 4.79 Å². The van der Waals surface area contributed by atoms with E-state index in [1.807, 2.05) is 36.9 Å². The topological polar surface area (TPSA) is 72.9 Å². The van der Waals surface area contributed by atoms with Gasteiger partial charge in [-0.05, 0) is 69.7 Å². The molecule has 3 atom stereocenters. The molecule has 0 saturated carbocycles. The van der Waals surface area contributed by atoms with Crippen molar-refractivity contribution in [1.29, 1.82) is 0 Å². The zero-order valence-corrected chi connectivity index (χ0v) is 19.5. The second-order valence-electron chi connectivity index (χ2n) is 9.40. The van der Waals surface area contributed by atoms with Crippen LogP contribution in [0, 0.1) is 0 Å². The number of rotatable bonds is 4. The summed E-state index contributed by atoms with van der Waals surface area (Å²) in [7, 11) is 0. The minimum Gasteiger partial charge on any atom is -0.374 e. The molecule has 0 aliphatic carbocycles. The van der Waals surface area contributed by atoms with Crippen molar-refractivity contribution in [2.75, 3.05) is 23.4 Å². The summed E-state index contributed by atoms with van der Waals surface area (Å²) in [5.74, 6) is 0.769. The van der Waals surface area contributed by atoms with Crippen molar-refractivity contribution in [2.45, 2.75) is 76.9 Å². The van der Waals surface area contributed by atoms with E-state index in [1.54, 1.807) is 6.20 Å². The van der Waals surface area contributed by atoms with Crippen molar-refractivity contribution in [3.05, 3.63) is 47.7 Å². The van der Waals surface area contributed by atoms with Crippen LogP contribution in [-0.2, 0) is 25.5 Å². The average Bonchev–Trinajstić information content (AvgIpc) is 3.00. The molecule has 0 spiro atoms. The van der Waals surface area contributed by atoms with Gasteiger partial charge in [-0.25, -0.2) is 4.98 Å². The van der Waals surface area contributed by atoms with Gasteiger partial charge in [-0.15, -0.1) is 0 Å². The highest BCUT2D eigenvalue weighted by molar-refractivity contribution is 6.01. The molecular formula is C26H33N3O4. The minimum atomic E-state index is -0.474. The molecule has 0 radical (unpaired) electrons. The van der Waals surface area contributed by atoms with Gasteiger partial charge in [0, 0.05) is 18.4 Å². The Morgan fingerprint density at radius 3 is 2.85 bits per heavy atom. The third-order valence-electron chi connectivity index (χ3n) is 6.58. The molecule has 1 amide bonds. The van der Waals surface area contributed by atoms with E-state index in [-0.39, 0.29) is 24.2 Å². The van der Waals surface area contributed by atoms with Crippen LogP contribution in [0.2, 0.25) is 0 Å². The van der Waals surface area contributed by atoms with Crippen molar-refractivity contribution < 1.29 is 19.0 Å². The summed E-state index contributed by atoms with van der Waals surface area (Å²) >= 11 is 0. The summed E-state index contributed by atoms with van der Waals surface area (Å²) in [4.78, 5) is 20.1. The maximum absolute atomic E-state index is 13.8. The number of carbonyl (C=O) groups excluding carboxylic acids is 1. The normalized spacial score (nSPS) is 25.1. The molecule has 2 saturated heterocycles. The fourth-order valence-electron chi connectivity index (χ4n) is 4.93. The highest BCUT2D eigenvalue weighted by Gasteiger charge is 2.34. The molecule has 1 aromatic heterocycles. The first-order valence-electron chi connectivity index (χ1n) is 12.1. The lowest BCUT2D eigenvalue weighted by atomic mass is 9.99. The van der Waals surface area contributed by atoms with Gasteiger partial charge < -0.3 is 24.4 Å². The van der Waals surface area contributed by atoms with E-state index in [4.69, 9.17) is 14.2 Å². The van der Waals surface area contributed by atoms with E-state index >= 15 is 0 Å². The number of fused-ring (bicyclic) bond motifs is 2. The summed E-state index contributed by atoms with van der Waals surface area (Å²) in [5, 5.41) is 3.44. The molecule has 33 heavy (non-hydrogen) atoms. The monoisotopic (exact) mass is 451 g/mol. The first-order chi connectivity index (χ1) is 16.1. The van der Waals surface area contributed by atoms with Crippen molar-refractivity contribution in [2.24, 2.45) is 0 Å². The van der Waals surface area contributed by atoms with Crippen LogP contribution in [0.4, 0.5) is 17.2 Å². The predicted molar refractivity (Wildman–Crippen MR) is 127 cm³/mol. The van der Waals surface area contributed by atoms with Crippen LogP contribution in [0.5, 0.6) is 0 Å². The fraction of sp³-hybridized carbons (Fsp3) is 0.538. The highest BCUT2D eigenvalue weighted by Crippen LogP contribution is 2.39. The molecule has 1 aromatic carbocycles. The van der Waals surface area contributed by atoms with Crippen LogP contribution in [0.1, 0.15) is 63.2 Å². The molecule has 1 N–H and O–H groups in total. The Kier molecular flexibility index (Phi) is 6.62. The highest BCUT2D eigenvalue weighted by atomic mass is 16.5. The molecule has 5 rings (SSSR count). The van der Waals surface area contributed by atoms with Crippen LogP contribution < -0.4 is 10.2 Å². The van der Waals surface area contributed by atoms with Gasteiger partial charge in [0.15, 0.2) is 0 Å². The number of ether oxygens (including phenoxy) is 3. The van der Waals surface area contributed by atoms with Crippen LogP contribution in [-0.4, -0.2) is 42.4 Å². The van der Waals surface area contributed by atoms with Crippen molar-refractivity contribution in [1.82, 2.24) is 4.98 Å². The van der Waals surface area contributed by atoms with Gasteiger partial charge in [-0.1, -0.05) is 12.1 Å². The molecule has 1 unspecified atom stereocenters. The quantitative estimate of drug-likeness (QED) is 0.714. The van der Waals surface area contributed by atoms with Gasteiger partial charge >= 0.3 is 0 Å². The van der Waals surface area contributed by atoms with E-state index in [1.165, 1.54) is 0 Å². The first-order valence-corrected chi connectivity index (χ1v) is 12.1. The maximum Gasteiger partial charge on any atom is 0.256 e. The van der Waals surface area contributed by atoms with Crippen molar-refractivity contribution in [3.63, 3.8) is 0 Å². The lowest BCUT2D eigenvalue weighted by Crippen LogP contribution is -2.44. The SMILES string of the molecule is CC(C)O[C@H]1CC[C@H](C(=O)N2Cc3cccnc3Nc3ccc(C4CCCCO4)cc32)OC1. The Balaban J connectivity index is 1.43. The van der Waals surface area contributed by atoms with Gasteiger partial charge in [-0.2, -0.15) is 0 Å². The number of nitrogens with one attached hydrogen (secondary N) is 1. The minimum absolute atomic E-state index is 0.0144. The van der Waals surface area contributed by atoms with Crippen LogP contribution >= 0.6 is 0 Å². The van der Waals surface area contributed by atoms with E-state index in [0.717, 1.165) is 60.6 Å². The van der Waals surface area contributed by atoms with Crippen LogP contribution in [0.3, 0.4) is 0 Å². The number of amides is 1. The second-order valence-corrected chi connectivity index (χ2v) is 9.40. The number of aromatic nitrogens is 1. The Labute approximate surface area is 195 Å². The number of nitrogens with zero attached hydrogens (tertiary/aromatic N) is 2. The molecule has 0 bridgehead atoms. The number of carbonyl (C=O) groups is 1. The van der Waals surface area contributed by atoms with Gasteiger partial charge in [0.1, 0.15) is 11.9 Å². The molecule has 176 valence electrons. The Morgan fingerprint density at radius 1 is 1.18 bits per heavy atom. The number of pyridine rings is 1. The largest absolute Gasteiger partial charge is 0.374 e. The first kappa shape index (κ1) is 22.3. The van der Waals surface area contributed by atoms with Crippen LogP contribution in [0.25, 0.3) is 0 Å². The molecule has 3 aliphatic rings. The molecule has 3 aliphatic heterocycles. The molecule has 7 nitrogen and oxygen atoms in total. The third kappa shape index (κ3) is 4.90. The number of hydrogen-bond acceptors (Lipinski definition) is 6. The maximum atomic E-state index is 13.8. The zero-order valence-electron chi connectivity index (χ0n) is 19.5. The lowest BCUT2D eigenvalue weighted by Gasteiger charge is -2.33. The average molecular weight is 452 g/mol. The summed E-state index contributed by atoms with van der Waals surface area (Å²) in [6, 6.07) is 10.2. The van der Waals surface area contributed by atoms with Crippen LogP contribution in [0.15, 0.2) is 36.5 Å². The predicted octanol–water partition coefficient (Wildman–Crippen LogP) is 4.89. The van der Waals surface area contributed by atoms with Crippen molar-refractivity contribution in [3.8, 4) is 0 Å². The fourth-order valence-corrected chi connectivity index (χ4v) is 4.93. The summed E-state index contributed by atoms with van der Waals surface area (Å²) in [5.41, 5.74) is 3.82. The van der Waals surface area contributed by atoms with Crippen molar-refractivity contribution >= 4 is 23.1 Å². The lowest BCUT2D eigenvalue weighted by molar-refractivity contribution is -0.143. The van der Waals surface area contributed by atoms with Gasteiger partial charge in [0.25, 0.3) is 5.91 Å². The molecule has 2 aromatic rings.